The molecule has 0 bridgehead atoms. The van der Waals surface area contributed by atoms with Crippen LogP contribution in [0.5, 0.6) is 5.75 Å². The van der Waals surface area contributed by atoms with E-state index in [9.17, 15) is 9.90 Å². The number of aliphatic hydroxyl groups excluding tert-OH is 1. The number of carbonyl (C=O) groups excluding carboxylic acids is 1. The molecule has 22 heavy (non-hydrogen) atoms. The second-order valence-electron chi connectivity index (χ2n) is 5.77. The van der Waals surface area contributed by atoms with Crippen molar-refractivity contribution in [1.29, 1.82) is 0 Å². The van der Waals surface area contributed by atoms with Gasteiger partial charge in [-0.25, -0.2) is 0 Å². The molecule has 2 atom stereocenters. The molecule has 0 fully saturated rings. The molecule has 1 rings (SSSR count). The second-order valence-corrected chi connectivity index (χ2v) is 5.77. The van der Waals surface area contributed by atoms with Crippen LogP contribution in [0.2, 0.25) is 0 Å². The van der Waals surface area contributed by atoms with Crippen LogP contribution in [0.15, 0.2) is 24.3 Å². The van der Waals surface area contributed by atoms with Crippen LogP contribution in [0.4, 0.5) is 0 Å². The van der Waals surface area contributed by atoms with Crippen molar-refractivity contribution in [3.8, 4) is 5.75 Å². The van der Waals surface area contributed by atoms with E-state index < -0.39 is 12.1 Å². The molecule has 0 radical (unpaired) electrons. The number of benzene rings is 1. The first kappa shape index (κ1) is 20.7. The average Bonchev–Trinajstić information content (AvgIpc) is 2.42. The highest BCUT2D eigenvalue weighted by Crippen LogP contribution is 2.20. The fourth-order valence-corrected chi connectivity index (χ4v) is 1.80. The number of ether oxygens (including phenoxy) is 1. The minimum absolute atomic E-state index is 0. The first-order chi connectivity index (χ1) is 9.81. The van der Waals surface area contributed by atoms with Gasteiger partial charge in [0.1, 0.15) is 5.75 Å². The third-order valence-electron chi connectivity index (χ3n) is 3.11. The number of carbonyl (C=O) groups is 1. The van der Waals surface area contributed by atoms with Crippen molar-refractivity contribution in [3.63, 3.8) is 0 Å². The van der Waals surface area contributed by atoms with Crippen molar-refractivity contribution in [1.82, 2.24) is 5.32 Å². The highest BCUT2D eigenvalue weighted by atomic mass is 35.5. The molecule has 0 aliphatic carbocycles. The molecule has 1 unspecified atom stereocenters. The van der Waals surface area contributed by atoms with E-state index in [0.717, 1.165) is 0 Å². The summed E-state index contributed by atoms with van der Waals surface area (Å²) in [6, 6.07) is 6.67. The molecular weight excluding hydrogens is 304 g/mol. The van der Waals surface area contributed by atoms with Crippen molar-refractivity contribution in [2.24, 2.45) is 11.7 Å². The van der Waals surface area contributed by atoms with Gasteiger partial charge in [0, 0.05) is 6.54 Å². The van der Waals surface area contributed by atoms with Gasteiger partial charge in [-0.2, -0.15) is 0 Å². The monoisotopic (exact) mass is 330 g/mol. The Balaban J connectivity index is 0.00000441. The average molecular weight is 331 g/mol. The molecular formula is C16H27ClN2O3. The summed E-state index contributed by atoms with van der Waals surface area (Å²) in [4.78, 5) is 11.8. The summed E-state index contributed by atoms with van der Waals surface area (Å²) in [5.41, 5.74) is 6.45. The van der Waals surface area contributed by atoms with Gasteiger partial charge in [-0.05, 0) is 37.5 Å². The van der Waals surface area contributed by atoms with E-state index in [-0.39, 0.29) is 36.9 Å². The topological polar surface area (TPSA) is 84.6 Å². The Morgan fingerprint density at radius 2 is 1.95 bits per heavy atom. The predicted molar refractivity (Wildman–Crippen MR) is 90.2 cm³/mol. The van der Waals surface area contributed by atoms with Crippen molar-refractivity contribution < 1.29 is 14.6 Å². The molecule has 1 aromatic rings. The van der Waals surface area contributed by atoms with Crippen LogP contribution in [0, 0.1) is 5.92 Å². The van der Waals surface area contributed by atoms with Crippen LogP contribution in [-0.4, -0.2) is 29.7 Å². The van der Waals surface area contributed by atoms with E-state index in [4.69, 9.17) is 10.5 Å². The standard InChI is InChI=1S/C16H26N2O3.ClH/c1-10(2)15(17)16(20)18-9-14(19)12-6-5-7-13(8-12)21-11(3)4;/h5-8,10-11,14-15,19H,9,17H2,1-4H3,(H,18,20);1H/t14?,15-;/m0./s1. The Labute approximate surface area is 138 Å². The third kappa shape index (κ3) is 6.64. The van der Waals surface area contributed by atoms with Gasteiger partial charge in [-0.1, -0.05) is 26.0 Å². The van der Waals surface area contributed by atoms with Crippen LogP contribution in [-0.2, 0) is 4.79 Å². The third-order valence-corrected chi connectivity index (χ3v) is 3.11. The number of hydrogen-bond acceptors (Lipinski definition) is 4. The minimum atomic E-state index is -0.788. The van der Waals surface area contributed by atoms with E-state index in [2.05, 4.69) is 5.32 Å². The van der Waals surface area contributed by atoms with Gasteiger partial charge in [-0.3, -0.25) is 4.79 Å². The van der Waals surface area contributed by atoms with E-state index in [1.54, 1.807) is 12.1 Å². The van der Waals surface area contributed by atoms with Crippen LogP contribution in [0.1, 0.15) is 39.4 Å². The number of aliphatic hydroxyl groups is 1. The molecule has 0 saturated carbocycles. The Bertz CT molecular complexity index is 466. The summed E-state index contributed by atoms with van der Waals surface area (Å²) in [5, 5.41) is 12.8. The van der Waals surface area contributed by atoms with E-state index in [1.807, 2.05) is 39.8 Å². The number of nitrogens with one attached hydrogen (secondary N) is 1. The molecule has 0 aromatic heterocycles. The van der Waals surface area contributed by atoms with Gasteiger partial charge in [0.15, 0.2) is 0 Å². The molecule has 0 aliphatic rings. The van der Waals surface area contributed by atoms with Crippen LogP contribution in [0.3, 0.4) is 0 Å². The molecule has 0 aliphatic heterocycles. The molecule has 4 N–H and O–H groups in total. The van der Waals surface area contributed by atoms with Gasteiger partial charge in [0.05, 0.1) is 18.2 Å². The Hall–Kier alpha value is -1.30. The van der Waals surface area contributed by atoms with Crippen molar-refractivity contribution in [2.75, 3.05) is 6.54 Å². The number of amides is 1. The van der Waals surface area contributed by atoms with Crippen LogP contribution < -0.4 is 15.8 Å². The van der Waals surface area contributed by atoms with Gasteiger partial charge >= 0.3 is 0 Å². The smallest absolute Gasteiger partial charge is 0.237 e. The number of nitrogens with two attached hydrogens (primary N) is 1. The van der Waals surface area contributed by atoms with Gasteiger partial charge in [0.25, 0.3) is 0 Å². The summed E-state index contributed by atoms with van der Waals surface area (Å²) < 4.78 is 5.58. The van der Waals surface area contributed by atoms with Gasteiger partial charge < -0.3 is 20.9 Å². The lowest BCUT2D eigenvalue weighted by Gasteiger charge is -2.18. The maximum absolute atomic E-state index is 11.8. The Kier molecular flexibility index (Phi) is 9.09. The van der Waals surface area contributed by atoms with E-state index >= 15 is 0 Å². The van der Waals surface area contributed by atoms with Crippen molar-refractivity contribution >= 4 is 18.3 Å². The van der Waals surface area contributed by atoms with E-state index in [0.29, 0.717) is 11.3 Å². The van der Waals surface area contributed by atoms with Crippen molar-refractivity contribution in [3.05, 3.63) is 29.8 Å². The molecule has 6 heteroatoms. The first-order valence-electron chi connectivity index (χ1n) is 7.29. The maximum Gasteiger partial charge on any atom is 0.237 e. The molecule has 1 aromatic carbocycles. The number of rotatable bonds is 7. The van der Waals surface area contributed by atoms with Crippen molar-refractivity contribution in [2.45, 2.75) is 45.9 Å². The normalized spacial score (nSPS) is 13.5. The summed E-state index contributed by atoms with van der Waals surface area (Å²) >= 11 is 0. The van der Waals surface area contributed by atoms with Crippen LogP contribution >= 0.6 is 12.4 Å². The molecule has 0 spiro atoms. The molecule has 5 nitrogen and oxygen atoms in total. The fourth-order valence-electron chi connectivity index (χ4n) is 1.80. The highest BCUT2D eigenvalue weighted by Gasteiger charge is 2.18. The summed E-state index contributed by atoms with van der Waals surface area (Å²) in [5.74, 6) is 0.510. The zero-order valence-electron chi connectivity index (χ0n) is 13.6. The van der Waals surface area contributed by atoms with Gasteiger partial charge in [-0.15, -0.1) is 12.4 Å². The number of halogens is 1. The SMILES string of the molecule is CC(C)Oc1cccc(C(O)CNC(=O)[C@@H](N)C(C)C)c1.Cl. The summed E-state index contributed by atoms with van der Waals surface area (Å²) in [6.07, 6.45) is -0.717. The molecule has 126 valence electrons. The first-order valence-corrected chi connectivity index (χ1v) is 7.29. The fraction of sp³-hybridized carbons (Fsp3) is 0.562. The quantitative estimate of drug-likeness (QED) is 0.714. The second kappa shape index (κ2) is 9.66. The van der Waals surface area contributed by atoms with Crippen LogP contribution in [0.25, 0.3) is 0 Å². The lowest BCUT2D eigenvalue weighted by molar-refractivity contribution is -0.123. The van der Waals surface area contributed by atoms with E-state index in [1.165, 1.54) is 0 Å². The molecule has 0 heterocycles. The largest absolute Gasteiger partial charge is 0.491 e. The predicted octanol–water partition coefficient (Wildman–Crippen LogP) is 2.03. The molecule has 1 amide bonds. The maximum atomic E-state index is 11.8. The van der Waals surface area contributed by atoms with Gasteiger partial charge in [0.2, 0.25) is 5.91 Å². The summed E-state index contributed by atoms with van der Waals surface area (Å²) in [6.45, 7) is 7.78. The lowest BCUT2D eigenvalue weighted by atomic mass is 10.0. The number of hydrogen-bond donors (Lipinski definition) is 3. The lowest BCUT2D eigenvalue weighted by Crippen LogP contribution is -2.45. The highest BCUT2D eigenvalue weighted by molar-refractivity contribution is 5.85. The zero-order chi connectivity index (χ0) is 16.0. The minimum Gasteiger partial charge on any atom is -0.491 e. The Morgan fingerprint density at radius 1 is 1.32 bits per heavy atom. The summed E-state index contributed by atoms with van der Waals surface area (Å²) in [7, 11) is 0. The molecule has 0 saturated heterocycles. The zero-order valence-corrected chi connectivity index (χ0v) is 14.4. The Morgan fingerprint density at radius 3 is 2.50 bits per heavy atom.